The number of likely N-dealkylation sites (N-methyl/N-ethyl adjacent to an activating group) is 1. The molecular weight excluding hydrogens is 128 g/mol. The summed E-state index contributed by atoms with van der Waals surface area (Å²) < 4.78 is 0. The molecule has 1 fully saturated rings. The summed E-state index contributed by atoms with van der Waals surface area (Å²) in [6.07, 6.45) is 1.42. The molecule has 3 nitrogen and oxygen atoms in total. The van der Waals surface area contributed by atoms with Gasteiger partial charge in [-0.25, -0.2) is 0 Å². The normalized spacial score (nSPS) is 34.7. The molecule has 1 rings (SSSR count). The fraction of sp³-hybridized carbons (Fsp3) is 0.857. The van der Waals surface area contributed by atoms with Crippen LogP contribution in [0.2, 0.25) is 0 Å². The number of likely N-dealkylation sites (tertiary alicyclic amines) is 1. The van der Waals surface area contributed by atoms with Gasteiger partial charge in [-0.05, 0) is 13.3 Å². The first kappa shape index (κ1) is 7.54. The van der Waals surface area contributed by atoms with Crippen LogP contribution in [0.25, 0.3) is 0 Å². The summed E-state index contributed by atoms with van der Waals surface area (Å²) in [6, 6.07) is 0. The summed E-state index contributed by atoms with van der Waals surface area (Å²) in [5.74, 6) is 0.211. The van der Waals surface area contributed by atoms with E-state index in [-0.39, 0.29) is 11.4 Å². The lowest BCUT2D eigenvalue weighted by Crippen LogP contribution is -2.52. The Kier molecular flexibility index (Phi) is 1.68. The van der Waals surface area contributed by atoms with E-state index < -0.39 is 0 Å². The zero-order valence-electron chi connectivity index (χ0n) is 6.55. The standard InChI is InChI=1S/C7H14N2O/c1-7(8)4-3-6(10)9(2)5-7/h3-5,8H2,1-2H3. The van der Waals surface area contributed by atoms with Crippen molar-refractivity contribution in [3.63, 3.8) is 0 Å². The molecule has 2 N–H and O–H groups in total. The van der Waals surface area contributed by atoms with Gasteiger partial charge in [0.25, 0.3) is 0 Å². The molecule has 58 valence electrons. The average molecular weight is 142 g/mol. The monoisotopic (exact) mass is 142 g/mol. The molecule has 0 spiro atoms. The summed E-state index contributed by atoms with van der Waals surface area (Å²) in [6.45, 7) is 2.67. The van der Waals surface area contributed by atoms with Gasteiger partial charge in [0.1, 0.15) is 0 Å². The molecule has 1 atom stereocenters. The maximum Gasteiger partial charge on any atom is 0.222 e. The molecule has 0 aromatic heterocycles. The van der Waals surface area contributed by atoms with E-state index >= 15 is 0 Å². The third-order valence-electron chi connectivity index (χ3n) is 1.93. The van der Waals surface area contributed by atoms with Crippen molar-refractivity contribution in [3.05, 3.63) is 0 Å². The Morgan fingerprint density at radius 2 is 2.30 bits per heavy atom. The van der Waals surface area contributed by atoms with Crippen molar-refractivity contribution in [2.24, 2.45) is 5.73 Å². The first-order valence-electron chi connectivity index (χ1n) is 3.54. The second-order valence-electron chi connectivity index (χ2n) is 3.40. The molecule has 1 amide bonds. The minimum absolute atomic E-state index is 0.164. The Bertz CT molecular complexity index is 154. The van der Waals surface area contributed by atoms with Crippen LogP contribution >= 0.6 is 0 Å². The van der Waals surface area contributed by atoms with Gasteiger partial charge >= 0.3 is 0 Å². The number of nitrogens with zero attached hydrogens (tertiary/aromatic N) is 1. The van der Waals surface area contributed by atoms with E-state index in [4.69, 9.17) is 5.73 Å². The average Bonchev–Trinajstić information content (AvgIpc) is 1.79. The minimum atomic E-state index is -0.164. The highest BCUT2D eigenvalue weighted by Gasteiger charge is 2.28. The molecule has 3 heteroatoms. The summed E-state index contributed by atoms with van der Waals surface area (Å²) in [5, 5.41) is 0. The molecule has 1 unspecified atom stereocenters. The van der Waals surface area contributed by atoms with Crippen molar-refractivity contribution in [2.45, 2.75) is 25.3 Å². The quantitative estimate of drug-likeness (QED) is 0.515. The van der Waals surface area contributed by atoms with Crippen molar-refractivity contribution in [1.29, 1.82) is 0 Å². The molecule has 0 aliphatic carbocycles. The maximum atomic E-state index is 11.0. The lowest BCUT2D eigenvalue weighted by molar-refractivity contribution is -0.133. The van der Waals surface area contributed by atoms with E-state index in [1.165, 1.54) is 0 Å². The van der Waals surface area contributed by atoms with Crippen molar-refractivity contribution in [3.8, 4) is 0 Å². The van der Waals surface area contributed by atoms with Crippen molar-refractivity contribution in [2.75, 3.05) is 13.6 Å². The number of hydrogen-bond donors (Lipinski definition) is 1. The predicted molar refractivity (Wildman–Crippen MR) is 39.5 cm³/mol. The molecular formula is C7H14N2O. The zero-order chi connectivity index (χ0) is 7.78. The Morgan fingerprint density at radius 1 is 1.70 bits per heavy atom. The first-order chi connectivity index (χ1) is 4.51. The fourth-order valence-electron chi connectivity index (χ4n) is 1.29. The van der Waals surface area contributed by atoms with Gasteiger partial charge in [0.05, 0.1) is 0 Å². The SMILES string of the molecule is CN1CC(C)(N)CCC1=O. The van der Waals surface area contributed by atoms with E-state index in [1.807, 2.05) is 6.92 Å². The molecule has 0 saturated carbocycles. The molecule has 10 heavy (non-hydrogen) atoms. The Hall–Kier alpha value is -0.570. The number of piperidine rings is 1. The summed E-state index contributed by atoms with van der Waals surface area (Å²) in [7, 11) is 1.80. The largest absolute Gasteiger partial charge is 0.344 e. The van der Waals surface area contributed by atoms with Gasteiger partial charge in [-0.2, -0.15) is 0 Å². The predicted octanol–water partition coefficient (Wildman–Crippen LogP) is -0.0440. The van der Waals surface area contributed by atoms with Crippen LogP contribution in [-0.4, -0.2) is 29.9 Å². The van der Waals surface area contributed by atoms with Gasteiger partial charge in [-0.1, -0.05) is 0 Å². The number of rotatable bonds is 0. The van der Waals surface area contributed by atoms with Crippen LogP contribution in [0.4, 0.5) is 0 Å². The van der Waals surface area contributed by atoms with Gasteiger partial charge in [-0.3, -0.25) is 4.79 Å². The second kappa shape index (κ2) is 2.23. The van der Waals surface area contributed by atoms with Crippen LogP contribution in [0, 0.1) is 0 Å². The van der Waals surface area contributed by atoms with Crippen LogP contribution in [0.1, 0.15) is 19.8 Å². The Labute approximate surface area is 61.2 Å². The molecule has 1 heterocycles. The number of amides is 1. The van der Waals surface area contributed by atoms with E-state index in [0.29, 0.717) is 13.0 Å². The van der Waals surface area contributed by atoms with Crippen LogP contribution in [0.5, 0.6) is 0 Å². The summed E-state index contributed by atoms with van der Waals surface area (Å²) in [4.78, 5) is 12.7. The van der Waals surface area contributed by atoms with Gasteiger partial charge < -0.3 is 10.6 Å². The summed E-state index contributed by atoms with van der Waals surface area (Å²) >= 11 is 0. The number of hydrogen-bond acceptors (Lipinski definition) is 2. The number of carbonyl (C=O) groups is 1. The topological polar surface area (TPSA) is 46.3 Å². The van der Waals surface area contributed by atoms with Crippen molar-refractivity contribution < 1.29 is 4.79 Å². The van der Waals surface area contributed by atoms with E-state index in [2.05, 4.69) is 0 Å². The van der Waals surface area contributed by atoms with Gasteiger partial charge in [0.2, 0.25) is 5.91 Å². The van der Waals surface area contributed by atoms with Crippen molar-refractivity contribution >= 4 is 5.91 Å². The van der Waals surface area contributed by atoms with E-state index in [9.17, 15) is 4.79 Å². The van der Waals surface area contributed by atoms with E-state index in [1.54, 1.807) is 11.9 Å². The molecule has 0 radical (unpaired) electrons. The van der Waals surface area contributed by atoms with Gasteiger partial charge in [0, 0.05) is 25.6 Å². The highest BCUT2D eigenvalue weighted by molar-refractivity contribution is 5.77. The Morgan fingerprint density at radius 3 is 2.70 bits per heavy atom. The van der Waals surface area contributed by atoms with Crippen LogP contribution < -0.4 is 5.73 Å². The van der Waals surface area contributed by atoms with Crippen LogP contribution in [0.15, 0.2) is 0 Å². The molecule has 0 aromatic carbocycles. The van der Waals surface area contributed by atoms with Crippen LogP contribution in [0.3, 0.4) is 0 Å². The molecule has 1 aliphatic rings. The smallest absolute Gasteiger partial charge is 0.222 e. The second-order valence-corrected chi connectivity index (χ2v) is 3.40. The molecule has 1 saturated heterocycles. The molecule has 1 aliphatic heterocycles. The first-order valence-corrected chi connectivity index (χ1v) is 3.54. The highest BCUT2D eigenvalue weighted by atomic mass is 16.2. The maximum absolute atomic E-state index is 11.0. The molecule has 0 bridgehead atoms. The Balaban J connectivity index is 2.57. The van der Waals surface area contributed by atoms with Gasteiger partial charge in [0.15, 0.2) is 0 Å². The fourth-order valence-corrected chi connectivity index (χ4v) is 1.29. The third-order valence-corrected chi connectivity index (χ3v) is 1.93. The van der Waals surface area contributed by atoms with Crippen LogP contribution in [-0.2, 0) is 4.79 Å². The third kappa shape index (κ3) is 1.48. The lowest BCUT2D eigenvalue weighted by Gasteiger charge is -2.35. The zero-order valence-corrected chi connectivity index (χ0v) is 6.55. The van der Waals surface area contributed by atoms with E-state index in [0.717, 1.165) is 6.42 Å². The number of nitrogens with two attached hydrogens (primary N) is 1. The highest BCUT2D eigenvalue weighted by Crippen LogP contribution is 2.16. The number of carbonyl (C=O) groups excluding carboxylic acids is 1. The minimum Gasteiger partial charge on any atom is -0.344 e. The van der Waals surface area contributed by atoms with Crippen molar-refractivity contribution in [1.82, 2.24) is 4.90 Å². The van der Waals surface area contributed by atoms with Gasteiger partial charge in [-0.15, -0.1) is 0 Å². The lowest BCUT2D eigenvalue weighted by atomic mass is 9.92. The summed E-state index contributed by atoms with van der Waals surface area (Å²) in [5.41, 5.74) is 5.67. The molecule has 0 aromatic rings.